The molecule has 2 aromatic heterocycles. The van der Waals surface area contributed by atoms with E-state index in [2.05, 4.69) is 35.5 Å². The van der Waals surface area contributed by atoms with Crippen LogP contribution in [0.4, 0.5) is 0 Å². The Morgan fingerprint density at radius 1 is 1.09 bits per heavy atom. The van der Waals surface area contributed by atoms with Crippen molar-refractivity contribution in [2.75, 3.05) is 0 Å². The molecule has 0 aliphatic rings. The summed E-state index contributed by atoms with van der Waals surface area (Å²) in [6.07, 6.45) is 5.53. The molecule has 0 spiro atoms. The van der Waals surface area contributed by atoms with Crippen LogP contribution in [-0.2, 0) is 0 Å². The smallest absolute Gasteiger partial charge is 0.0998 e. The number of aryl methyl sites for hydroxylation is 1. The van der Waals surface area contributed by atoms with E-state index in [0.717, 1.165) is 28.2 Å². The van der Waals surface area contributed by atoms with Gasteiger partial charge in [0.05, 0.1) is 11.6 Å². The maximum atomic E-state index is 9.49. The van der Waals surface area contributed by atoms with Crippen LogP contribution in [0.15, 0.2) is 60.9 Å². The zero-order valence-electron chi connectivity index (χ0n) is 13.2. The predicted octanol–water partition coefficient (Wildman–Crippen LogP) is 4.55. The van der Waals surface area contributed by atoms with Gasteiger partial charge in [0.25, 0.3) is 0 Å². The van der Waals surface area contributed by atoms with Crippen molar-refractivity contribution < 1.29 is 0 Å². The maximum Gasteiger partial charge on any atom is 0.0998 e. The van der Waals surface area contributed by atoms with Gasteiger partial charge in [-0.05, 0) is 49.2 Å². The van der Waals surface area contributed by atoms with E-state index in [1.54, 1.807) is 12.4 Å². The van der Waals surface area contributed by atoms with Crippen molar-refractivity contribution in [2.24, 2.45) is 0 Å². The second-order valence-corrected chi connectivity index (χ2v) is 5.40. The average Bonchev–Trinajstić information content (AvgIpc) is 2.88. The first-order valence-corrected chi connectivity index (χ1v) is 7.47. The number of hydrogen-bond donors (Lipinski definition) is 0. The van der Waals surface area contributed by atoms with Crippen molar-refractivity contribution in [3.05, 3.63) is 83.4 Å². The molecule has 0 unspecified atom stereocenters. The summed E-state index contributed by atoms with van der Waals surface area (Å²) in [5, 5.41) is 9.49. The van der Waals surface area contributed by atoms with Crippen LogP contribution in [-0.4, -0.2) is 9.55 Å². The number of hydrogen-bond acceptors (Lipinski definition) is 2. The second-order valence-electron chi connectivity index (χ2n) is 5.40. The number of allylic oxidation sites excluding steroid dienone is 1. The van der Waals surface area contributed by atoms with Gasteiger partial charge in [-0.15, -0.1) is 0 Å². The SMILES string of the molecule is Cc1cc(C=C(C#N)c2ccccc2)c(C)n1-c1ccncc1. The molecule has 2 heterocycles. The van der Waals surface area contributed by atoms with E-state index >= 15 is 0 Å². The summed E-state index contributed by atoms with van der Waals surface area (Å²) in [6.45, 7) is 4.14. The predicted molar refractivity (Wildman–Crippen MR) is 93.0 cm³/mol. The van der Waals surface area contributed by atoms with E-state index in [1.807, 2.05) is 48.5 Å². The minimum absolute atomic E-state index is 0.667. The molecule has 0 saturated heterocycles. The van der Waals surface area contributed by atoms with Gasteiger partial charge in [0.2, 0.25) is 0 Å². The Labute approximate surface area is 136 Å². The van der Waals surface area contributed by atoms with Crippen molar-refractivity contribution in [3.63, 3.8) is 0 Å². The van der Waals surface area contributed by atoms with Crippen molar-refractivity contribution in [1.29, 1.82) is 5.26 Å². The van der Waals surface area contributed by atoms with E-state index in [-0.39, 0.29) is 0 Å². The molecule has 112 valence electrons. The zero-order chi connectivity index (χ0) is 16.2. The third-order valence-corrected chi connectivity index (χ3v) is 3.90. The third-order valence-electron chi connectivity index (χ3n) is 3.90. The van der Waals surface area contributed by atoms with Gasteiger partial charge < -0.3 is 4.57 Å². The molecule has 0 aliphatic heterocycles. The fourth-order valence-electron chi connectivity index (χ4n) is 2.78. The van der Waals surface area contributed by atoms with Crippen LogP contribution in [0.25, 0.3) is 17.3 Å². The number of benzene rings is 1. The van der Waals surface area contributed by atoms with Gasteiger partial charge >= 0.3 is 0 Å². The summed E-state index contributed by atoms with van der Waals surface area (Å²) in [7, 11) is 0. The van der Waals surface area contributed by atoms with Gasteiger partial charge in [-0.3, -0.25) is 4.98 Å². The fraction of sp³-hybridized carbons (Fsp3) is 0.100. The van der Waals surface area contributed by atoms with E-state index in [1.165, 1.54) is 0 Å². The standard InChI is InChI=1S/C20H17N3/c1-15-12-18(13-19(14-21)17-6-4-3-5-7-17)16(2)23(15)20-8-10-22-11-9-20/h3-13H,1-2H3. The van der Waals surface area contributed by atoms with Crippen LogP contribution in [0.3, 0.4) is 0 Å². The highest BCUT2D eigenvalue weighted by molar-refractivity contribution is 5.90. The Kier molecular flexibility index (Phi) is 4.07. The normalized spacial score (nSPS) is 11.3. The largest absolute Gasteiger partial charge is 0.318 e. The Hall–Kier alpha value is -3.12. The van der Waals surface area contributed by atoms with Crippen LogP contribution in [0.1, 0.15) is 22.5 Å². The Morgan fingerprint density at radius 3 is 2.43 bits per heavy atom. The molecule has 0 N–H and O–H groups in total. The minimum Gasteiger partial charge on any atom is -0.318 e. The second kappa shape index (κ2) is 6.33. The lowest BCUT2D eigenvalue weighted by molar-refractivity contribution is 0.960. The van der Waals surface area contributed by atoms with Crippen LogP contribution >= 0.6 is 0 Å². The molecule has 0 atom stereocenters. The summed E-state index contributed by atoms with van der Waals surface area (Å²) in [6, 6.07) is 18.1. The molecular weight excluding hydrogens is 282 g/mol. The van der Waals surface area contributed by atoms with E-state index in [9.17, 15) is 5.26 Å². The Balaban J connectivity index is 2.09. The van der Waals surface area contributed by atoms with Gasteiger partial charge in [0.15, 0.2) is 0 Å². The molecule has 0 amide bonds. The summed E-state index contributed by atoms with van der Waals surface area (Å²) in [5.41, 5.74) is 5.97. The summed E-state index contributed by atoms with van der Waals surface area (Å²) >= 11 is 0. The molecule has 3 aromatic rings. The quantitative estimate of drug-likeness (QED) is 0.666. The topological polar surface area (TPSA) is 41.6 Å². The van der Waals surface area contributed by atoms with E-state index in [4.69, 9.17) is 0 Å². The molecule has 3 nitrogen and oxygen atoms in total. The van der Waals surface area contributed by atoms with E-state index < -0.39 is 0 Å². The van der Waals surface area contributed by atoms with Gasteiger partial charge in [0, 0.05) is 29.5 Å². The number of nitrogens with zero attached hydrogens (tertiary/aromatic N) is 3. The van der Waals surface area contributed by atoms with Gasteiger partial charge in [-0.1, -0.05) is 30.3 Å². The average molecular weight is 299 g/mol. The Morgan fingerprint density at radius 2 is 1.78 bits per heavy atom. The number of nitriles is 1. The van der Waals surface area contributed by atoms with Crippen LogP contribution in [0.2, 0.25) is 0 Å². The Bertz CT molecular complexity index is 882. The highest BCUT2D eigenvalue weighted by Gasteiger charge is 2.10. The van der Waals surface area contributed by atoms with Gasteiger partial charge in [-0.2, -0.15) is 5.26 Å². The number of aromatic nitrogens is 2. The fourth-order valence-corrected chi connectivity index (χ4v) is 2.78. The first-order valence-electron chi connectivity index (χ1n) is 7.47. The third kappa shape index (κ3) is 2.93. The first-order chi connectivity index (χ1) is 11.2. The van der Waals surface area contributed by atoms with Gasteiger partial charge in [0.1, 0.15) is 0 Å². The van der Waals surface area contributed by atoms with Crippen molar-refractivity contribution in [2.45, 2.75) is 13.8 Å². The van der Waals surface area contributed by atoms with Gasteiger partial charge in [-0.25, -0.2) is 0 Å². The molecule has 0 aliphatic carbocycles. The van der Waals surface area contributed by atoms with Crippen LogP contribution < -0.4 is 0 Å². The molecule has 23 heavy (non-hydrogen) atoms. The van der Waals surface area contributed by atoms with Crippen molar-refractivity contribution >= 4 is 11.6 Å². The van der Waals surface area contributed by atoms with Crippen molar-refractivity contribution in [1.82, 2.24) is 9.55 Å². The molecule has 3 rings (SSSR count). The highest BCUT2D eigenvalue weighted by Crippen LogP contribution is 2.25. The minimum atomic E-state index is 0.667. The first kappa shape index (κ1) is 14.8. The molecular formula is C20H17N3. The molecule has 0 saturated carbocycles. The lowest BCUT2D eigenvalue weighted by atomic mass is 10.0. The number of pyridine rings is 1. The highest BCUT2D eigenvalue weighted by atomic mass is 15.0. The number of rotatable bonds is 3. The molecule has 0 bridgehead atoms. The van der Waals surface area contributed by atoms with Crippen LogP contribution in [0.5, 0.6) is 0 Å². The summed E-state index contributed by atoms with van der Waals surface area (Å²) < 4.78 is 2.17. The lowest BCUT2D eigenvalue weighted by Crippen LogP contribution is -1.98. The lowest BCUT2D eigenvalue weighted by Gasteiger charge is -2.09. The molecule has 3 heteroatoms. The maximum absolute atomic E-state index is 9.49. The monoisotopic (exact) mass is 299 g/mol. The zero-order valence-corrected chi connectivity index (χ0v) is 13.2. The summed E-state index contributed by atoms with van der Waals surface area (Å²) in [4.78, 5) is 4.07. The molecule has 1 aromatic carbocycles. The molecule has 0 radical (unpaired) electrons. The van der Waals surface area contributed by atoms with Crippen molar-refractivity contribution in [3.8, 4) is 11.8 Å². The summed E-state index contributed by atoms with van der Waals surface area (Å²) in [5.74, 6) is 0. The molecule has 0 fully saturated rings. The van der Waals surface area contributed by atoms with Crippen LogP contribution in [0, 0.1) is 25.2 Å². The van der Waals surface area contributed by atoms with E-state index in [0.29, 0.717) is 5.57 Å².